The van der Waals surface area contributed by atoms with Crippen LogP contribution in [-0.4, -0.2) is 159 Å². The number of hydrogen-bond donors (Lipinski definition) is 9. The number of nitrogens with one attached hydrogen (secondary N) is 8. The Kier molecular flexibility index (Phi) is 32.4. The van der Waals surface area contributed by atoms with Crippen molar-refractivity contribution < 1.29 is 47.7 Å². The van der Waals surface area contributed by atoms with Gasteiger partial charge in [0, 0.05) is 20.0 Å². The summed E-state index contributed by atoms with van der Waals surface area (Å²) in [6, 6.07) is -2.18. The van der Waals surface area contributed by atoms with Gasteiger partial charge in [-0.05, 0) is 146 Å². The third-order valence-corrected chi connectivity index (χ3v) is 10.6. The Morgan fingerprint density at radius 1 is 0.470 bits per heavy atom. The zero-order valence-corrected chi connectivity index (χ0v) is 41.7. The fourth-order valence-electron chi connectivity index (χ4n) is 6.80. The molecule has 0 bridgehead atoms. The minimum absolute atomic E-state index is 0.000786. The van der Waals surface area contributed by atoms with Crippen LogP contribution in [-0.2, 0) is 47.7 Å². The highest BCUT2D eigenvalue weighted by molar-refractivity contribution is 6.04. The van der Waals surface area contributed by atoms with Gasteiger partial charge in [-0.3, -0.25) is 28.8 Å². The lowest BCUT2D eigenvalue weighted by atomic mass is 10.0. The third kappa shape index (κ3) is 33.2. The van der Waals surface area contributed by atoms with Crippen LogP contribution < -0.4 is 48.0 Å². The number of carbonyl (C=O) groups is 6. The van der Waals surface area contributed by atoms with Crippen molar-refractivity contribution in [1.82, 2.24) is 42.3 Å². The molecule has 10 N–H and O–H groups in total. The molecule has 3 atom stereocenters. The standard InChI is InChI=1S/C44H84B3N9O10/c1-32(57)54-34(17-11-14-22-52-46)39(61)49-24-19-41(2,3)63-27-29-66-44(8,9)31-37(59)56-35(18-12-15-23-53-47)40(62)50-25-20-42(4,5)64-26-28-65-43(6,7)30-36(58)55-33(38(48)60)16-10-13-21-51-45/h33-35,51-53H,10-31H2,1-9H3,(H2,48,60)(H,49,61)(H,50,62)(H,54,57)(H,55,58)(H,56,59)/t33-,34-,35-/m1/s1. The fraction of sp³-hybridized carbons (Fsp3) is 0.864. The molecule has 0 spiro atoms. The zero-order chi connectivity index (χ0) is 50.2. The number of rotatable bonds is 41. The molecule has 0 saturated carbocycles. The van der Waals surface area contributed by atoms with Crippen LogP contribution in [0.5, 0.6) is 0 Å². The van der Waals surface area contributed by atoms with E-state index in [1.54, 1.807) is 27.7 Å². The molecule has 0 fully saturated rings. The van der Waals surface area contributed by atoms with E-state index in [1.165, 1.54) is 6.92 Å². The van der Waals surface area contributed by atoms with Gasteiger partial charge >= 0.3 is 0 Å². The SMILES string of the molecule is [B]NCCCC[C@@H](NC(=O)CC(C)(C)OCCOC(C)(C)CCNC(=O)[C@@H](CCCCN[B])NC(=O)CC(C)(C)OCCOC(C)(C)CCNC(=O)[C@@H](CCCCN[B])NC(C)=O)C(N)=O. The molecule has 0 aliphatic carbocycles. The van der Waals surface area contributed by atoms with E-state index in [-0.39, 0.29) is 68.8 Å². The lowest BCUT2D eigenvalue weighted by Crippen LogP contribution is -2.49. The topological polar surface area (TPSA) is 262 Å². The number of carbonyl (C=O) groups excluding carboxylic acids is 6. The molecule has 0 heterocycles. The summed E-state index contributed by atoms with van der Waals surface area (Å²) in [6.45, 7) is 19.5. The highest BCUT2D eigenvalue weighted by atomic mass is 16.6. The van der Waals surface area contributed by atoms with E-state index in [0.29, 0.717) is 84.1 Å². The van der Waals surface area contributed by atoms with Crippen LogP contribution in [0.1, 0.15) is 146 Å². The molecule has 66 heavy (non-hydrogen) atoms. The van der Waals surface area contributed by atoms with Gasteiger partial charge in [0.15, 0.2) is 23.9 Å². The van der Waals surface area contributed by atoms with Crippen LogP contribution in [0.2, 0.25) is 0 Å². The van der Waals surface area contributed by atoms with Crippen LogP contribution >= 0.6 is 0 Å². The van der Waals surface area contributed by atoms with E-state index in [2.05, 4.69) is 42.3 Å². The average Bonchev–Trinajstić information content (AvgIpc) is 3.20. The Balaban J connectivity index is 4.93. The predicted octanol–water partition coefficient (Wildman–Crippen LogP) is 0.450. The predicted molar refractivity (Wildman–Crippen MR) is 258 cm³/mol. The molecule has 0 aromatic heterocycles. The van der Waals surface area contributed by atoms with E-state index in [9.17, 15) is 28.8 Å². The summed E-state index contributed by atoms with van der Waals surface area (Å²) in [4.78, 5) is 75.7. The largest absolute Gasteiger partial charge is 0.373 e. The van der Waals surface area contributed by atoms with E-state index >= 15 is 0 Å². The van der Waals surface area contributed by atoms with Gasteiger partial charge in [0.25, 0.3) is 0 Å². The molecule has 0 unspecified atom stereocenters. The summed E-state index contributed by atoms with van der Waals surface area (Å²) in [5, 5.41) is 21.9. The second kappa shape index (κ2) is 34.1. The fourth-order valence-corrected chi connectivity index (χ4v) is 6.80. The van der Waals surface area contributed by atoms with Gasteiger partial charge in [-0.15, -0.1) is 0 Å². The molecule has 0 aromatic rings. The first-order chi connectivity index (χ1) is 30.9. The average molecular weight is 932 g/mol. The minimum atomic E-state index is -0.863. The third-order valence-electron chi connectivity index (χ3n) is 10.6. The van der Waals surface area contributed by atoms with E-state index in [0.717, 1.165) is 19.3 Å². The Hall–Kier alpha value is -3.27. The number of primary amides is 1. The lowest BCUT2D eigenvalue weighted by Gasteiger charge is -2.29. The van der Waals surface area contributed by atoms with Gasteiger partial charge in [0.2, 0.25) is 35.4 Å². The molecular formula is C44H84B3N9O10. The van der Waals surface area contributed by atoms with Crippen molar-refractivity contribution in [3.05, 3.63) is 0 Å². The van der Waals surface area contributed by atoms with Crippen molar-refractivity contribution in [2.75, 3.05) is 59.2 Å². The van der Waals surface area contributed by atoms with E-state index in [1.807, 2.05) is 27.7 Å². The van der Waals surface area contributed by atoms with Crippen molar-refractivity contribution in [1.29, 1.82) is 0 Å². The molecule has 0 rings (SSSR count). The molecule has 0 aliphatic heterocycles. The molecule has 0 aliphatic rings. The molecule has 22 heteroatoms. The quantitative estimate of drug-likeness (QED) is 0.0299. The molecule has 0 saturated heterocycles. The van der Waals surface area contributed by atoms with Crippen LogP contribution in [0, 0.1) is 0 Å². The second-order valence-corrected chi connectivity index (χ2v) is 19.1. The molecule has 6 radical (unpaired) electrons. The molecule has 19 nitrogen and oxygen atoms in total. The van der Waals surface area contributed by atoms with Crippen LogP contribution in [0.4, 0.5) is 0 Å². The van der Waals surface area contributed by atoms with Gasteiger partial charge in [0.05, 0.1) is 61.7 Å². The van der Waals surface area contributed by atoms with Gasteiger partial charge in [-0.2, -0.15) is 0 Å². The molecule has 374 valence electrons. The summed E-state index contributed by atoms with van der Waals surface area (Å²) in [5.41, 5.74) is 2.57. The summed E-state index contributed by atoms with van der Waals surface area (Å²) in [6.07, 6.45) is 6.58. The van der Waals surface area contributed by atoms with E-state index in [4.69, 9.17) is 48.6 Å². The molecule has 6 amide bonds. The monoisotopic (exact) mass is 932 g/mol. The van der Waals surface area contributed by atoms with Gasteiger partial charge < -0.3 is 66.9 Å². The van der Waals surface area contributed by atoms with Crippen molar-refractivity contribution in [2.45, 2.75) is 186 Å². The van der Waals surface area contributed by atoms with Crippen molar-refractivity contribution in [3.63, 3.8) is 0 Å². The summed E-state index contributed by atoms with van der Waals surface area (Å²) in [7, 11) is 16.0. The van der Waals surface area contributed by atoms with Crippen molar-refractivity contribution in [2.24, 2.45) is 5.73 Å². The number of amides is 6. The Morgan fingerprint density at radius 2 is 0.788 bits per heavy atom. The zero-order valence-electron chi connectivity index (χ0n) is 41.7. The van der Waals surface area contributed by atoms with Crippen molar-refractivity contribution >= 4 is 59.4 Å². The van der Waals surface area contributed by atoms with Crippen LogP contribution in [0.25, 0.3) is 0 Å². The second-order valence-electron chi connectivity index (χ2n) is 19.1. The molecule has 0 aromatic carbocycles. The maximum absolute atomic E-state index is 13.4. The summed E-state index contributed by atoms with van der Waals surface area (Å²) in [5.74, 6) is -2.13. The number of ether oxygens (including phenoxy) is 4. The van der Waals surface area contributed by atoms with Gasteiger partial charge in [-0.1, -0.05) is 0 Å². The summed E-state index contributed by atoms with van der Waals surface area (Å²) < 4.78 is 24.1. The highest BCUT2D eigenvalue weighted by Crippen LogP contribution is 2.19. The maximum Gasteiger partial charge on any atom is 0.242 e. The number of unbranched alkanes of at least 4 members (excludes halogenated alkanes) is 3. The number of hydrogen-bond acceptors (Lipinski definition) is 13. The first-order valence-corrected chi connectivity index (χ1v) is 23.4. The Bertz CT molecular complexity index is 1430. The van der Waals surface area contributed by atoms with Crippen LogP contribution in [0.3, 0.4) is 0 Å². The van der Waals surface area contributed by atoms with E-state index < -0.39 is 46.4 Å². The maximum atomic E-state index is 13.4. The van der Waals surface area contributed by atoms with Crippen LogP contribution in [0.15, 0.2) is 0 Å². The molecular weight excluding hydrogens is 847 g/mol. The first-order valence-electron chi connectivity index (χ1n) is 23.4. The first kappa shape index (κ1) is 62.7. The Labute approximate surface area is 399 Å². The minimum Gasteiger partial charge on any atom is -0.373 e. The van der Waals surface area contributed by atoms with Crippen molar-refractivity contribution in [3.8, 4) is 0 Å². The van der Waals surface area contributed by atoms with Gasteiger partial charge in [0.1, 0.15) is 18.1 Å². The smallest absolute Gasteiger partial charge is 0.242 e. The highest BCUT2D eigenvalue weighted by Gasteiger charge is 2.29. The summed E-state index contributed by atoms with van der Waals surface area (Å²) >= 11 is 0. The van der Waals surface area contributed by atoms with Gasteiger partial charge in [-0.25, -0.2) is 0 Å². The number of nitrogens with two attached hydrogens (primary N) is 1. The normalized spacial score (nSPS) is 13.6. The Morgan fingerprint density at radius 3 is 1.12 bits per heavy atom. The lowest BCUT2D eigenvalue weighted by molar-refractivity contribution is -0.135.